The Labute approximate surface area is 120 Å². The first-order valence-electron chi connectivity index (χ1n) is 7.64. The van der Waals surface area contributed by atoms with Gasteiger partial charge in [-0.15, -0.1) is 0 Å². The summed E-state index contributed by atoms with van der Waals surface area (Å²) in [5, 5.41) is 0. The van der Waals surface area contributed by atoms with Crippen LogP contribution in [0.1, 0.15) is 51.4 Å². The van der Waals surface area contributed by atoms with Crippen molar-refractivity contribution < 1.29 is 23.7 Å². The van der Waals surface area contributed by atoms with Crippen molar-refractivity contribution in [3.63, 3.8) is 0 Å². The Hall–Kier alpha value is -0.810. The molecule has 0 heterocycles. The first-order chi connectivity index (χ1) is 9.71. The van der Waals surface area contributed by atoms with Crippen LogP contribution in [0.15, 0.2) is 0 Å². The Kier molecular flexibility index (Phi) is 6.10. The van der Waals surface area contributed by atoms with Gasteiger partial charge < -0.3 is 18.9 Å². The summed E-state index contributed by atoms with van der Waals surface area (Å²) in [6.45, 7) is 0. The Balaban J connectivity index is 1.71. The number of ether oxygens (including phenoxy) is 4. The summed E-state index contributed by atoms with van der Waals surface area (Å²) >= 11 is 0. The van der Waals surface area contributed by atoms with Crippen molar-refractivity contribution in [1.82, 2.24) is 0 Å². The Morgan fingerprint density at radius 3 is 1.55 bits per heavy atom. The maximum absolute atomic E-state index is 11.8. The molecule has 2 aliphatic carbocycles. The van der Waals surface area contributed by atoms with Crippen LogP contribution < -0.4 is 0 Å². The number of carbonyl (C=O) groups is 1. The van der Waals surface area contributed by atoms with Crippen molar-refractivity contribution >= 4 is 6.16 Å². The molecular weight excluding hydrogens is 260 g/mol. The van der Waals surface area contributed by atoms with Gasteiger partial charge in [0.25, 0.3) is 0 Å². The van der Waals surface area contributed by atoms with E-state index in [-0.39, 0.29) is 24.4 Å². The van der Waals surface area contributed by atoms with Gasteiger partial charge in [-0.2, -0.15) is 0 Å². The third-order valence-corrected chi connectivity index (χ3v) is 4.35. The SMILES string of the molecule is COC1CCCC(OC(=O)OC2CCCC(OC)C2)C1. The molecule has 2 rings (SSSR count). The minimum atomic E-state index is -0.534. The van der Waals surface area contributed by atoms with Gasteiger partial charge in [0.1, 0.15) is 12.2 Å². The summed E-state index contributed by atoms with van der Waals surface area (Å²) in [5.74, 6) is 0. The summed E-state index contributed by atoms with van der Waals surface area (Å²) in [4.78, 5) is 11.8. The van der Waals surface area contributed by atoms with Crippen LogP contribution in [0, 0.1) is 0 Å². The van der Waals surface area contributed by atoms with Crippen molar-refractivity contribution in [3.05, 3.63) is 0 Å². The van der Waals surface area contributed by atoms with Crippen LogP contribution in [0.4, 0.5) is 4.79 Å². The summed E-state index contributed by atoms with van der Waals surface area (Å²) in [6.07, 6.45) is 7.25. The maximum atomic E-state index is 11.8. The highest BCUT2D eigenvalue weighted by Gasteiger charge is 2.28. The zero-order valence-electron chi connectivity index (χ0n) is 12.5. The molecule has 5 nitrogen and oxygen atoms in total. The van der Waals surface area contributed by atoms with Crippen LogP contribution in [0.25, 0.3) is 0 Å². The molecule has 0 bridgehead atoms. The lowest BCUT2D eigenvalue weighted by Gasteiger charge is -2.30. The lowest BCUT2D eigenvalue weighted by atomic mass is 9.95. The third-order valence-electron chi connectivity index (χ3n) is 4.35. The fourth-order valence-corrected chi connectivity index (χ4v) is 3.15. The first kappa shape index (κ1) is 15.6. The highest BCUT2D eigenvalue weighted by molar-refractivity contribution is 5.60. The van der Waals surface area contributed by atoms with Crippen LogP contribution in [0.3, 0.4) is 0 Å². The van der Waals surface area contributed by atoms with Gasteiger partial charge in [-0.25, -0.2) is 4.79 Å². The second-order valence-electron chi connectivity index (χ2n) is 5.78. The number of hydrogen-bond donors (Lipinski definition) is 0. The van der Waals surface area contributed by atoms with Crippen molar-refractivity contribution in [2.45, 2.75) is 75.8 Å². The maximum Gasteiger partial charge on any atom is 0.508 e. The van der Waals surface area contributed by atoms with E-state index in [0.717, 1.165) is 51.4 Å². The summed E-state index contributed by atoms with van der Waals surface area (Å²) < 4.78 is 21.5. The fourth-order valence-electron chi connectivity index (χ4n) is 3.15. The average Bonchev–Trinajstić information content (AvgIpc) is 2.47. The Morgan fingerprint density at radius 2 is 1.15 bits per heavy atom. The van der Waals surface area contributed by atoms with Crippen LogP contribution >= 0.6 is 0 Å². The van der Waals surface area contributed by atoms with E-state index in [1.165, 1.54) is 0 Å². The van der Waals surface area contributed by atoms with Gasteiger partial charge in [0.15, 0.2) is 0 Å². The predicted molar refractivity (Wildman–Crippen MR) is 73.7 cm³/mol. The fraction of sp³-hybridized carbons (Fsp3) is 0.933. The molecule has 2 aliphatic rings. The highest BCUT2D eigenvalue weighted by Crippen LogP contribution is 2.26. The minimum Gasteiger partial charge on any atom is -0.431 e. The summed E-state index contributed by atoms with van der Waals surface area (Å²) in [5.41, 5.74) is 0. The van der Waals surface area contributed by atoms with Gasteiger partial charge in [0, 0.05) is 27.1 Å². The second kappa shape index (κ2) is 7.84. The molecule has 20 heavy (non-hydrogen) atoms. The van der Waals surface area contributed by atoms with Crippen LogP contribution in [-0.4, -0.2) is 44.8 Å². The van der Waals surface area contributed by atoms with Crippen molar-refractivity contribution in [2.75, 3.05) is 14.2 Å². The van der Waals surface area contributed by atoms with Crippen LogP contribution in [0.5, 0.6) is 0 Å². The molecule has 0 aliphatic heterocycles. The van der Waals surface area contributed by atoms with Crippen molar-refractivity contribution in [1.29, 1.82) is 0 Å². The van der Waals surface area contributed by atoms with Crippen LogP contribution in [0.2, 0.25) is 0 Å². The van der Waals surface area contributed by atoms with E-state index in [2.05, 4.69) is 0 Å². The molecule has 0 saturated heterocycles. The van der Waals surface area contributed by atoms with Gasteiger partial charge in [0.2, 0.25) is 0 Å². The van der Waals surface area contributed by atoms with Gasteiger partial charge in [-0.05, 0) is 38.5 Å². The molecular formula is C15H26O5. The zero-order chi connectivity index (χ0) is 14.4. The molecule has 0 radical (unpaired) electrons. The highest BCUT2D eigenvalue weighted by atomic mass is 16.7. The molecule has 0 spiro atoms. The van der Waals surface area contributed by atoms with Crippen LogP contribution in [-0.2, 0) is 18.9 Å². The van der Waals surface area contributed by atoms with E-state index in [0.29, 0.717) is 0 Å². The summed E-state index contributed by atoms with van der Waals surface area (Å²) in [6, 6.07) is 0. The molecule has 4 atom stereocenters. The smallest absolute Gasteiger partial charge is 0.431 e. The monoisotopic (exact) mass is 286 g/mol. The average molecular weight is 286 g/mol. The van der Waals surface area contributed by atoms with E-state index in [1.807, 2.05) is 0 Å². The van der Waals surface area contributed by atoms with Gasteiger partial charge >= 0.3 is 6.16 Å². The first-order valence-corrected chi connectivity index (χ1v) is 7.64. The third kappa shape index (κ3) is 4.63. The second-order valence-corrected chi connectivity index (χ2v) is 5.78. The number of rotatable bonds is 4. The van der Waals surface area contributed by atoms with E-state index in [1.54, 1.807) is 14.2 Å². The normalized spacial score (nSPS) is 34.5. The molecule has 2 fully saturated rings. The molecule has 116 valence electrons. The molecule has 0 N–H and O–H groups in total. The topological polar surface area (TPSA) is 54.0 Å². The molecule has 0 aromatic rings. The standard InChI is InChI=1S/C15H26O5/c1-17-11-5-3-7-13(9-11)19-15(16)20-14-8-4-6-12(10-14)18-2/h11-14H,3-10H2,1-2H3. The lowest BCUT2D eigenvalue weighted by Crippen LogP contribution is -2.33. The van der Waals surface area contributed by atoms with E-state index < -0.39 is 6.16 Å². The summed E-state index contributed by atoms with van der Waals surface area (Å²) in [7, 11) is 3.41. The lowest BCUT2D eigenvalue weighted by molar-refractivity contribution is -0.0557. The van der Waals surface area contributed by atoms with Gasteiger partial charge in [-0.3, -0.25) is 0 Å². The van der Waals surface area contributed by atoms with Gasteiger partial charge in [-0.1, -0.05) is 0 Å². The van der Waals surface area contributed by atoms with E-state index >= 15 is 0 Å². The van der Waals surface area contributed by atoms with Crippen molar-refractivity contribution in [2.24, 2.45) is 0 Å². The number of carbonyl (C=O) groups excluding carboxylic acids is 1. The zero-order valence-corrected chi connectivity index (χ0v) is 12.5. The van der Waals surface area contributed by atoms with E-state index in [9.17, 15) is 4.79 Å². The molecule has 0 amide bonds. The predicted octanol–water partition coefficient (Wildman–Crippen LogP) is 3.05. The van der Waals surface area contributed by atoms with Gasteiger partial charge in [0.05, 0.1) is 12.2 Å². The van der Waals surface area contributed by atoms with E-state index in [4.69, 9.17) is 18.9 Å². The largest absolute Gasteiger partial charge is 0.508 e. The number of hydrogen-bond acceptors (Lipinski definition) is 5. The quantitative estimate of drug-likeness (QED) is 0.743. The Morgan fingerprint density at radius 1 is 0.750 bits per heavy atom. The molecule has 0 aromatic carbocycles. The molecule has 4 unspecified atom stereocenters. The number of methoxy groups -OCH3 is 2. The molecule has 0 aromatic heterocycles. The molecule has 2 saturated carbocycles. The molecule has 5 heteroatoms. The minimum absolute atomic E-state index is 0.0667. The van der Waals surface area contributed by atoms with Crippen molar-refractivity contribution in [3.8, 4) is 0 Å². The Bertz CT molecular complexity index is 279.